The minimum Gasteiger partial charge on any atom is -0.377 e. The highest BCUT2D eigenvalue weighted by Crippen LogP contribution is 2.21. The molecule has 2 unspecified atom stereocenters. The molecule has 0 aromatic carbocycles. The fourth-order valence-corrected chi connectivity index (χ4v) is 1.91. The van der Waals surface area contributed by atoms with Crippen molar-refractivity contribution in [3.05, 3.63) is 30.1 Å². The van der Waals surface area contributed by atoms with E-state index >= 15 is 0 Å². The molecule has 0 bridgehead atoms. The lowest BCUT2D eigenvalue weighted by Gasteiger charge is -2.35. The van der Waals surface area contributed by atoms with Gasteiger partial charge in [0.25, 0.3) is 0 Å². The van der Waals surface area contributed by atoms with Crippen LogP contribution in [0.1, 0.15) is 25.8 Å². The molecular formula is C13H22N2O. The molecule has 0 aliphatic rings. The van der Waals surface area contributed by atoms with Crippen LogP contribution in [0.2, 0.25) is 0 Å². The molecule has 16 heavy (non-hydrogen) atoms. The summed E-state index contributed by atoms with van der Waals surface area (Å²) in [5.41, 5.74) is 1.10. The van der Waals surface area contributed by atoms with Gasteiger partial charge < -0.3 is 10.1 Å². The number of likely N-dealkylation sites (N-methyl/N-ethyl adjacent to an activating group) is 1. The Hall–Kier alpha value is -0.930. The van der Waals surface area contributed by atoms with E-state index in [0.29, 0.717) is 6.04 Å². The second-order valence-corrected chi connectivity index (χ2v) is 4.28. The molecule has 0 saturated carbocycles. The average molecular weight is 222 g/mol. The number of rotatable bonds is 6. The van der Waals surface area contributed by atoms with Gasteiger partial charge in [0.15, 0.2) is 0 Å². The summed E-state index contributed by atoms with van der Waals surface area (Å²) in [6, 6.07) is 4.37. The standard InChI is InChI=1S/C13H22N2O/c1-5-13(2,16-4)12(14-3)9-11-7-6-8-15-10-11/h6-8,10,12,14H,5,9H2,1-4H3. The van der Waals surface area contributed by atoms with Gasteiger partial charge in [-0.15, -0.1) is 0 Å². The van der Waals surface area contributed by atoms with E-state index in [-0.39, 0.29) is 5.60 Å². The van der Waals surface area contributed by atoms with Crippen molar-refractivity contribution in [2.45, 2.75) is 38.3 Å². The zero-order valence-electron chi connectivity index (χ0n) is 10.7. The molecule has 0 radical (unpaired) electrons. The number of hydrogen-bond donors (Lipinski definition) is 1. The van der Waals surface area contributed by atoms with E-state index in [1.807, 2.05) is 19.3 Å². The van der Waals surface area contributed by atoms with Crippen molar-refractivity contribution < 1.29 is 4.74 Å². The fourth-order valence-electron chi connectivity index (χ4n) is 1.91. The summed E-state index contributed by atoms with van der Waals surface area (Å²) in [5, 5.41) is 3.34. The van der Waals surface area contributed by atoms with Gasteiger partial charge in [0.1, 0.15) is 0 Å². The maximum absolute atomic E-state index is 5.63. The van der Waals surface area contributed by atoms with E-state index in [9.17, 15) is 0 Å². The number of nitrogens with zero attached hydrogens (tertiary/aromatic N) is 1. The van der Waals surface area contributed by atoms with Crippen LogP contribution in [0.5, 0.6) is 0 Å². The first-order valence-electron chi connectivity index (χ1n) is 5.77. The van der Waals surface area contributed by atoms with E-state index in [1.165, 1.54) is 5.56 Å². The van der Waals surface area contributed by atoms with Crippen molar-refractivity contribution in [1.82, 2.24) is 10.3 Å². The van der Waals surface area contributed by atoms with Crippen LogP contribution < -0.4 is 5.32 Å². The van der Waals surface area contributed by atoms with Crippen molar-refractivity contribution >= 4 is 0 Å². The SMILES string of the molecule is CCC(C)(OC)C(Cc1cccnc1)NC. The van der Waals surface area contributed by atoms with Gasteiger partial charge in [-0.25, -0.2) is 0 Å². The Morgan fingerprint density at radius 2 is 2.31 bits per heavy atom. The van der Waals surface area contributed by atoms with Crippen molar-refractivity contribution in [2.75, 3.05) is 14.2 Å². The van der Waals surface area contributed by atoms with E-state index in [2.05, 4.69) is 30.2 Å². The molecular weight excluding hydrogens is 200 g/mol. The molecule has 0 fully saturated rings. The highest BCUT2D eigenvalue weighted by atomic mass is 16.5. The van der Waals surface area contributed by atoms with Gasteiger partial charge in [0.05, 0.1) is 5.60 Å². The second-order valence-electron chi connectivity index (χ2n) is 4.28. The number of pyridine rings is 1. The molecule has 0 spiro atoms. The van der Waals surface area contributed by atoms with E-state index in [1.54, 1.807) is 13.3 Å². The predicted octanol–water partition coefficient (Wildman–Crippen LogP) is 2.03. The average Bonchev–Trinajstić information content (AvgIpc) is 2.36. The Labute approximate surface area is 98.2 Å². The molecule has 1 N–H and O–H groups in total. The Bertz CT molecular complexity index is 296. The second kappa shape index (κ2) is 5.97. The first-order valence-corrected chi connectivity index (χ1v) is 5.77. The normalized spacial score (nSPS) is 16.8. The fraction of sp³-hybridized carbons (Fsp3) is 0.615. The van der Waals surface area contributed by atoms with Crippen LogP contribution in [-0.4, -0.2) is 30.8 Å². The summed E-state index contributed by atoms with van der Waals surface area (Å²) >= 11 is 0. The molecule has 1 aromatic heterocycles. The first-order chi connectivity index (χ1) is 7.66. The molecule has 90 valence electrons. The molecule has 2 atom stereocenters. The monoisotopic (exact) mass is 222 g/mol. The lowest BCUT2D eigenvalue weighted by Crippen LogP contribution is -2.49. The minimum atomic E-state index is -0.134. The highest BCUT2D eigenvalue weighted by molar-refractivity contribution is 5.12. The Balaban J connectivity index is 2.76. The van der Waals surface area contributed by atoms with Crippen LogP contribution in [0.3, 0.4) is 0 Å². The molecule has 3 heteroatoms. The summed E-state index contributed by atoms with van der Waals surface area (Å²) in [7, 11) is 3.76. The largest absolute Gasteiger partial charge is 0.377 e. The van der Waals surface area contributed by atoms with Crippen molar-refractivity contribution in [1.29, 1.82) is 0 Å². The zero-order valence-corrected chi connectivity index (χ0v) is 10.7. The van der Waals surface area contributed by atoms with Gasteiger partial charge in [-0.2, -0.15) is 0 Å². The maximum atomic E-state index is 5.63. The summed E-state index contributed by atoms with van der Waals surface area (Å²) in [6.07, 6.45) is 5.63. The lowest BCUT2D eigenvalue weighted by molar-refractivity contribution is -0.0268. The quantitative estimate of drug-likeness (QED) is 0.799. The third-order valence-corrected chi connectivity index (χ3v) is 3.42. The zero-order chi connectivity index (χ0) is 12.0. The van der Waals surface area contributed by atoms with Gasteiger partial charge in [0, 0.05) is 25.5 Å². The van der Waals surface area contributed by atoms with Gasteiger partial charge in [0.2, 0.25) is 0 Å². The molecule has 0 aliphatic heterocycles. The molecule has 1 heterocycles. The summed E-state index contributed by atoms with van der Waals surface area (Å²) < 4.78 is 5.63. The summed E-state index contributed by atoms with van der Waals surface area (Å²) in [4.78, 5) is 4.14. The van der Waals surface area contributed by atoms with Crippen LogP contribution in [0.15, 0.2) is 24.5 Å². The Kier molecular flexibility index (Phi) is 4.90. The van der Waals surface area contributed by atoms with Crippen LogP contribution in [0.4, 0.5) is 0 Å². The third kappa shape index (κ3) is 3.03. The highest BCUT2D eigenvalue weighted by Gasteiger charge is 2.31. The molecule has 1 rings (SSSR count). The molecule has 0 saturated heterocycles. The van der Waals surface area contributed by atoms with Gasteiger partial charge in [-0.3, -0.25) is 4.98 Å². The minimum absolute atomic E-state index is 0.134. The van der Waals surface area contributed by atoms with Crippen molar-refractivity contribution in [3.8, 4) is 0 Å². The predicted molar refractivity (Wildman–Crippen MR) is 66.5 cm³/mol. The number of hydrogen-bond acceptors (Lipinski definition) is 3. The summed E-state index contributed by atoms with van der Waals surface area (Å²) in [6.45, 7) is 4.29. The van der Waals surface area contributed by atoms with Crippen LogP contribution in [0.25, 0.3) is 0 Å². The van der Waals surface area contributed by atoms with Crippen molar-refractivity contribution in [2.24, 2.45) is 0 Å². The number of methoxy groups -OCH3 is 1. The number of nitrogens with one attached hydrogen (secondary N) is 1. The summed E-state index contributed by atoms with van der Waals surface area (Å²) in [5.74, 6) is 0. The van der Waals surface area contributed by atoms with Gasteiger partial charge in [-0.1, -0.05) is 13.0 Å². The third-order valence-electron chi connectivity index (χ3n) is 3.42. The number of aromatic nitrogens is 1. The van der Waals surface area contributed by atoms with E-state index in [4.69, 9.17) is 4.74 Å². The van der Waals surface area contributed by atoms with Gasteiger partial charge in [-0.05, 0) is 38.4 Å². The Morgan fingerprint density at radius 1 is 1.56 bits per heavy atom. The smallest absolute Gasteiger partial charge is 0.0803 e. The molecule has 1 aromatic rings. The molecule has 0 aliphatic carbocycles. The topological polar surface area (TPSA) is 34.1 Å². The van der Waals surface area contributed by atoms with E-state index < -0.39 is 0 Å². The molecule has 0 amide bonds. The van der Waals surface area contributed by atoms with Crippen LogP contribution in [0, 0.1) is 0 Å². The van der Waals surface area contributed by atoms with Crippen LogP contribution in [-0.2, 0) is 11.2 Å². The Morgan fingerprint density at radius 3 is 2.75 bits per heavy atom. The van der Waals surface area contributed by atoms with Crippen LogP contribution >= 0.6 is 0 Å². The first kappa shape index (κ1) is 13.1. The maximum Gasteiger partial charge on any atom is 0.0803 e. The van der Waals surface area contributed by atoms with Crippen molar-refractivity contribution in [3.63, 3.8) is 0 Å². The number of ether oxygens (including phenoxy) is 1. The lowest BCUT2D eigenvalue weighted by atomic mass is 9.89. The van der Waals surface area contributed by atoms with Gasteiger partial charge >= 0.3 is 0 Å². The molecule has 3 nitrogen and oxygen atoms in total. The van der Waals surface area contributed by atoms with E-state index in [0.717, 1.165) is 12.8 Å².